The Hall–Kier alpha value is -7.22. The predicted octanol–water partition coefficient (Wildman–Crippen LogP) is 15.6. The Labute approximate surface area is 338 Å². The molecule has 0 saturated carbocycles. The highest BCUT2D eigenvalue weighted by Gasteiger charge is 2.35. The van der Waals surface area contributed by atoms with E-state index in [1.165, 1.54) is 110 Å². The van der Waals surface area contributed by atoms with Gasteiger partial charge >= 0.3 is 0 Å². The van der Waals surface area contributed by atoms with Gasteiger partial charge in [-0.2, -0.15) is 0 Å². The number of rotatable bonds is 4. The van der Waals surface area contributed by atoms with Gasteiger partial charge in [0.15, 0.2) is 0 Å². The quantitative estimate of drug-likeness (QED) is 0.159. The second-order valence-electron chi connectivity index (χ2n) is 16.5. The van der Waals surface area contributed by atoms with Gasteiger partial charge in [-0.25, -0.2) is 0 Å². The van der Waals surface area contributed by atoms with Crippen molar-refractivity contribution in [3.8, 4) is 50.2 Å². The van der Waals surface area contributed by atoms with E-state index in [1.807, 2.05) is 0 Å². The number of nitrogens with zero attached hydrogens (tertiary/aromatic N) is 1. The number of hydrogen-bond acceptors (Lipinski definition) is 0. The zero-order valence-corrected chi connectivity index (χ0v) is 32.5. The van der Waals surface area contributed by atoms with Crippen LogP contribution < -0.4 is 0 Å². The van der Waals surface area contributed by atoms with Crippen LogP contribution in [0.3, 0.4) is 0 Å². The summed E-state index contributed by atoms with van der Waals surface area (Å²) in [7, 11) is 0. The van der Waals surface area contributed by atoms with Gasteiger partial charge in [0.25, 0.3) is 0 Å². The number of aromatic nitrogens is 1. The van der Waals surface area contributed by atoms with Crippen molar-refractivity contribution in [1.82, 2.24) is 4.57 Å². The van der Waals surface area contributed by atoms with Gasteiger partial charge in [0.05, 0.1) is 11.0 Å². The molecule has 58 heavy (non-hydrogen) atoms. The van der Waals surface area contributed by atoms with E-state index < -0.39 is 0 Å². The topological polar surface area (TPSA) is 4.93 Å². The Bertz CT molecular complexity index is 3430. The van der Waals surface area contributed by atoms with Crippen molar-refractivity contribution in [1.29, 1.82) is 0 Å². The second-order valence-corrected chi connectivity index (χ2v) is 16.5. The largest absolute Gasteiger partial charge is 0.309 e. The van der Waals surface area contributed by atoms with E-state index in [0.29, 0.717) is 0 Å². The van der Waals surface area contributed by atoms with Crippen LogP contribution in [0.5, 0.6) is 0 Å². The molecule has 1 nitrogen and oxygen atoms in total. The summed E-state index contributed by atoms with van der Waals surface area (Å²) < 4.78 is 2.47. The molecule has 0 bridgehead atoms. The molecule has 0 N–H and O–H groups in total. The fourth-order valence-electron chi connectivity index (χ4n) is 10.2. The first-order valence-electron chi connectivity index (χ1n) is 20.3. The second kappa shape index (κ2) is 12.4. The van der Waals surface area contributed by atoms with Crippen LogP contribution in [0.25, 0.3) is 104 Å². The first-order chi connectivity index (χ1) is 28.5. The van der Waals surface area contributed by atoms with Crippen LogP contribution in [0, 0.1) is 0 Å². The lowest BCUT2D eigenvalue weighted by atomic mass is 9.81. The lowest BCUT2D eigenvalue weighted by Gasteiger charge is -2.22. The molecule has 1 heteroatoms. The Balaban J connectivity index is 0.983. The standard InChI is InChI=1S/C57H39N/c1-57(2)53-23-9-7-19-48(53)49-32-30-40(35-54(49)57)36-25-27-37(28-26-36)42-21-12-22-51-50-20-8-10-24-55(50)58(56(42)51)41-14-11-13-38(33-41)39-29-31-47-45-17-4-3-15-43(45)44-16-5-6-18-46(44)52(47)34-39/h3-35H,1-2H3. The Kier molecular flexibility index (Phi) is 7.04. The SMILES string of the molecule is CC1(C)c2ccccc2-c2ccc(-c3ccc(-c4cccc5c6ccccc6n(-c6cccc(-c7ccc8c9ccccc9c9ccccc9c8c7)c6)c45)cc3)cc21. The molecule has 0 fully saturated rings. The number of para-hydroxylation sites is 2. The molecule has 1 aliphatic rings. The minimum atomic E-state index is -0.0280. The van der Waals surface area contributed by atoms with E-state index in [9.17, 15) is 0 Å². The van der Waals surface area contributed by atoms with E-state index in [0.717, 1.165) is 5.69 Å². The fourth-order valence-corrected chi connectivity index (χ4v) is 10.2. The Morgan fingerprint density at radius 2 is 0.828 bits per heavy atom. The Morgan fingerprint density at radius 1 is 0.310 bits per heavy atom. The van der Waals surface area contributed by atoms with Crippen LogP contribution in [-0.4, -0.2) is 4.57 Å². The summed E-state index contributed by atoms with van der Waals surface area (Å²) in [6, 6.07) is 74.4. The third-order valence-corrected chi connectivity index (χ3v) is 13.0. The van der Waals surface area contributed by atoms with E-state index in [1.54, 1.807) is 0 Å². The summed E-state index contributed by atoms with van der Waals surface area (Å²) >= 11 is 0. The highest BCUT2D eigenvalue weighted by atomic mass is 15.0. The molecule has 0 aliphatic heterocycles. The van der Waals surface area contributed by atoms with Crippen LogP contribution in [0.15, 0.2) is 200 Å². The van der Waals surface area contributed by atoms with E-state index in [2.05, 4.69) is 219 Å². The van der Waals surface area contributed by atoms with Gasteiger partial charge in [-0.05, 0) is 113 Å². The predicted molar refractivity (Wildman–Crippen MR) is 247 cm³/mol. The molecular formula is C57H39N. The monoisotopic (exact) mass is 737 g/mol. The molecule has 0 spiro atoms. The lowest BCUT2D eigenvalue weighted by molar-refractivity contribution is 0.660. The van der Waals surface area contributed by atoms with Gasteiger partial charge in [0, 0.05) is 27.4 Å². The molecule has 12 rings (SSSR count). The fraction of sp³-hybridized carbons (Fsp3) is 0.0526. The summed E-state index contributed by atoms with van der Waals surface area (Å²) in [5, 5.41) is 10.3. The zero-order valence-electron chi connectivity index (χ0n) is 32.5. The van der Waals surface area contributed by atoms with E-state index in [4.69, 9.17) is 0 Å². The van der Waals surface area contributed by atoms with Gasteiger partial charge in [0.2, 0.25) is 0 Å². The third-order valence-electron chi connectivity index (χ3n) is 13.0. The first kappa shape index (κ1) is 33.0. The zero-order chi connectivity index (χ0) is 38.5. The Morgan fingerprint density at radius 3 is 1.60 bits per heavy atom. The van der Waals surface area contributed by atoms with Gasteiger partial charge in [0.1, 0.15) is 0 Å². The number of hydrogen-bond donors (Lipinski definition) is 0. The van der Waals surface area contributed by atoms with Gasteiger partial charge in [-0.15, -0.1) is 0 Å². The van der Waals surface area contributed by atoms with Crippen LogP contribution in [-0.2, 0) is 5.41 Å². The molecule has 0 unspecified atom stereocenters. The molecule has 0 radical (unpaired) electrons. The highest BCUT2D eigenvalue weighted by Crippen LogP contribution is 2.50. The summed E-state index contributed by atoms with van der Waals surface area (Å²) in [5.41, 5.74) is 16.4. The maximum Gasteiger partial charge on any atom is 0.0619 e. The van der Waals surface area contributed by atoms with Crippen molar-refractivity contribution in [2.24, 2.45) is 0 Å². The van der Waals surface area contributed by atoms with Crippen LogP contribution in [0.2, 0.25) is 0 Å². The van der Waals surface area contributed by atoms with E-state index >= 15 is 0 Å². The van der Waals surface area contributed by atoms with Crippen molar-refractivity contribution in [2.75, 3.05) is 0 Å². The molecule has 0 amide bonds. The number of fused-ring (bicyclic) bond motifs is 12. The molecule has 0 atom stereocenters. The lowest BCUT2D eigenvalue weighted by Crippen LogP contribution is -2.14. The molecule has 10 aromatic carbocycles. The molecule has 11 aromatic rings. The molecule has 272 valence electrons. The minimum Gasteiger partial charge on any atom is -0.309 e. The van der Waals surface area contributed by atoms with Crippen molar-refractivity contribution >= 4 is 54.1 Å². The first-order valence-corrected chi connectivity index (χ1v) is 20.3. The summed E-state index contributed by atoms with van der Waals surface area (Å²) in [5.74, 6) is 0. The third kappa shape index (κ3) is 4.77. The molecule has 0 saturated heterocycles. The van der Waals surface area contributed by atoms with Crippen LogP contribution >= 0.6 is 0 Å². The highest BCUT2D eigenvalue weighted by molar-refractivity contribution is 6.25. The molecule has 1 aromatic heterocycles. The van der Waals surface area contributed by atoms with Crippen molar-refractivity contribution < 1.29 is 0 Å². The van der Waals surface area contributed by atoms with Gasteiger partial charge in [-0.3, -0.25) is 0 Å². The normalized spacial score (nSPS) is 13.1. The van der Waals surface area contributed by atoms with Crippen molar-refractivity contribution in [3.63, 3.8) is 0 Å². The maximum atomic E-state index is 2.47. The van der Waals surface area contributed by atoms with Gasteiger partial charge in [-0.1, -0.05) is 184 Å². The number of benzene rings is 10. The summed E-state index contributed by atoms with van der Waals surface area (Å²) in [4.78, 5) is 0. The van der Waals surface area contributed by atoms with Crippen molar-refractivity contribution in [2.45, 2.75) is 19.3 Å². The maximum absolute atomic E-state index is 2.47. The average molecular weight is 738 g/mol. The minimum absolute atomic E-state index is 0.0280. The van der Waals surface area contributed by atoms with Crippen molar-refractivity contribution in [3.05, 3.63) is 211 Å². The van der Waals surface area contributed by atoms with Crippen LogP contribution in [0.1, 0.15) is 25.0 Å². The smallest absolute Gasteiger partial charge is 0.0619 e. The summed E-state index contributed by atoms with van der Waals surface area (Å²) in [6.45, 7) is 4.70. The summed E-state index contributed by atoms with van der Waals surface area (Å²) in [6.07, 6.45) is 0. The van der Waals surface area contributed by atoms with Gasteiger partial charge < -0.3 is 4.57 Å². The average Bonchev–Trinajstić information content (AvgIpc) is 3.75. The molecule has 1 aliphatic carbocycles. The van der Waals surface area contributed by atoms with E-state index in [-0.39, 0.29) is 5.41 Å². The molecule has 1 heterocycles. The van der Waals surface area contributed by atoms with Crippen LogP contribution in [0.4, 0.5) is 0 Å². The molecular weight excluding hydrogens is 699 g/mol.